The van der Waals surface area contributed by atoms with E-state index in [0.717, 1.165) is 23.2 Å². The number of rotatable bonds is 6. The molecule has 28 heavy (non-hydrogen) atoms. The quantitative estimate of drug-likeness (QED) is 0.721. The minimum absolute atomic E-state index is 0.00554. The van der Waals surface area contributed by atoms with Crippen molar-refractivity contribution in [3.63, 3.8) is 0 Å². The van der Waals surface area contributed by atoms with Crippen molar-refractivity contribution in [1.29, 1.82) is 0 Å². The van der Waals surface area contributed by atoms with Gasteiger partial charge < -0.3 is 16.0 Å². The fraction of sp³-hybridized carbons (Fsp3) is 0.318. The third kappa shape index (κ3) is 4.76. The van der Waals surface area contributed by atoms with E-state index in [-0.39, 0.29) is 23.8 Å². The highest BCUT2D eigenvalue weighted by atomic mass is 16.2. The molecule has 0 saturated heterocycles. The van der Waals surface area contributed by atoms with E-state index in [4.69, 9.17) is 0 Å². The van der Waals surface area contributed by atoms with Gasteiger partial charge in [0.15, 0.2) is 0 Å². The zero-order valence-corrected chi connectivity index (χ0v) is 16.2. The number of benzene rings is 2. The second-order valence-corrected chi connectivity index (χ2v) is 7.08. The average Bonchev–Trinajstić information content (AvgIpc) is 2.71. The number of hydrogen-bond donors (Lipinski definition) is 3. The topological polar surface area (TPSA) is 87.3 Å². The standard InChI is InChI=1S/C22H25N3O3/c1-3-14(2)24-22(28)16-6-4-15(5-7-16)13-23-21(27)18-8-10-19-17(12-18)9-11-20(26)25-19/h4-8,10,12,14H,3,9,11,13H2,1-2H3,(H,23,27)(H,24,28)(H,25,26). The summed E-state index contributed by atoms with van der Waals surface area (Å²) in [5.41, 5.74) is 3.84. The molecule has 0 aromatic heterocycles. The van der Waals surface area contributed by atoms with Gasteiger partial charge in [0.25, 0.3) is 11.8 Å². The first-order valence-corrected chi connectivity index (χ1v) is 9.57. The Morgan fingerprint density at radius 1 is 1.04 bits per heavy atom. The minimum Gasteiger partial charge on any atom is -0.350 e. The van der Waals surface area contributed by atoms with Crippen LogP contribution in [0.2, 0.25) is 0 Å². The van der Waals surface area contributed by atoms with Crippen LogP contribution in [0.5, 0.6) is 0 Å². The summed E-state index contributed by atoms with van der Waals surface area (Å²) in [4.78, 5) is 36.0. The van der Waals surface area contributed by atoms with Crippen molar-refractivity contribution < 1.29 is 14.4 Å². The molecule has 146 valence electrons. The fourth-order valence-corrected chi connectivity index (χ4v) is 2.99. The van der Waals surface area contributed by atoms with Crippen molar-refractivity contribution in [3.05, 3.63) is 64.7 Å². The second kappa shape index (κ2) is 8.69. The van der Waals surface area contributed by atoms with Crippen molar-refractivity contribution in [1.82, 2.24) is 10.6 Å². The molecule has 0 saturated carbocycles. The Morgan fingerprint density at radius 3 is 2.46 bits per heavy atom. The lowest BCUT2D eigenvalue weighted by molar-refractivity contribution is -0.116. The van der Waals surface area contributed by atoms with Crippen molar-refractivity contribution in [2.45, 2.75) is 45.7 Å². The Hall–Kier alpha value is -3.15. The van der Waals surface area contributed by atoms with E-state index in [1.54, 1.807) is 24.3 Å². The van der Waals surface area contributed by atoms with Crippen molar-refractivity contribution >= 4 is 23.4 Å². The maximum atomic E-state index is 12.4. The molecule has 0 spiro atoms. The average molecular weight is 379 g/mol. The highest BCUT2D eigenvalue weighted by molar-refractivity contribution is 5.98. The van der Waals surface area contributed by atoms with E-state index in [1.165, 1.54) is 0 Å². The third-order valence-electron chi connectivity index (χ3n) is 4.92. The van der Waals surface area contributed by atoms with E-state index < -0.39 is 0 Å². The van der Waals surface area contributed by atoms with Crippen LogP contribution in [0.3, 0.4) is 0 Å². The number of carbonyl (C=O) groups is 3. The Bertz CT molecular complexity index is 890. The molecule has 1 unspecified atom stereocenters. The van der Waals surface area contributed by atoms with Gasteiger partial charge in [0, 0.05) is 35.8 Å². The molecule has 1 heterocycles. The van der Waals surface area contributed by atoms with Gasteiger partial charge in [-0.2, -0.15) is 0 Å². The van der Waals surface area contributed by atoms with E-state index in [1.807, 2.05) is 32.0 Å². The molecule has 3 N–H and O–H groups in total. The van der Waals surface area contributed by atoms with Crippen LogP contribution in [-0.2, 0) is 17.8 Å². The van der Waals surface area contributed by atoms with Crippen LogP contribution in [0.15, 0.2) is 42.5 Å². The van der Waals surface area contributed by atoms with Gasteiger partial charge in [-0.25, -0.2) is 0 Å². The van der Waals surface area contributed by atoms with Gasteiger partial charge in [-0.05, 0) is 61.2 Å². The summed E-state index contributed by atoms with van der Waals surface area (Å²) >= 11 is 0. The predicted molar refractivity (Wildman–Crippen MR) is 108 cm³/mol. The monoisotopic (exact) mass is 379 g/mol. The molecule has 3 rings (SSSR count). The summed E-state index contributed by atoms with van der Waals surface area (Å²) in [6.45, 7) is 4.37. The van der Waals surface area contributed by atoms with E-state index in [0.29, 0.717) is 30.5 Å². The van der Waals surface area contributed by atoms with Crippen LogP contribution in [0.4, 0.5) is 5.69 Å². The zero-order chi connectivity index (χ0) is 20.1. The van der Waals surface area contributed by atoms with Crippen LogP contribution in [-0.4, -0.2) is 23.8 Å². The van der Waals surface area contributed by atoms with Crippen LogP contribution in [0.1, 0.15) is 58.5 Å². The molecule has 6 heteroatoms. The summed E-state index contributed by atoms with van der Waals surface area (Å²) in [6.07, 6.45) is 1.96. The third-order valence-corrected chi connectivity index (χ3v) is 4.92. The molecule has 1 aliphatic rings. The molecule has 6 nitrogen and oxygen atoms in total. The number of nitrogens with one attached hydrogen (secondary N) is 3. The predicted octanol–water partition coefficient (Wildman–Crippen LogP) is 3.03. The highest BCUT2D eigenvalue weighted by Gasteiger charge is 2.16. The lowest BCUT2D eigenvalue weighted by atomic mass is 10.00. The first kappa shape index (κ1) is 19.6. The van der Waals surface area contributed by atoms with Gasteiger partial charge in [-0.1, -0.05) is 19.1 Å². The first-order valence-electron chi connectivity index (χ1n) is 9.57. The van der Waals surface area contributed by atoms with Gasteiger partial charge in [-0.3, -0.25) is 14.4 Å². The Kier molecular flexibility index (Phi) is 6.09. The number of fused-ring (bicyclic) bond motifs is 1. The van der Waals surface area contributed by atoms with Gasteiger partial charge >= 0.3 is 0 Å². The Balaban J connectivity index is 1.57. The van der Waals surface area contributed by atoms with Crippen LogP contribution < -0.4 is 16.0 Å². The minimum atomic E-state index is -0.168. The molecule has 3 amide bonds. The number of aryl methyl sites for hydroxylation is 1. The summed E-state index contributed by atoms with van der Waals surface area (Å²) in [6, 6.07) is 12.7. The number of amides is 3. The molecule has 0 radical (unpaired) electrons. The molecular weight excluding hydrogens is 354 g/mol. The van der Waals surface area contributed by atoms with Gasteiger partial charge in [-0.15, -0.1) is 0 Å². The SMILES string of the molecule is CCC(C)NC(=O)c1ccc(CNC(=O)c2ccc3c(c2)CCC(=O)N3)cc1. The highest BCUT2D eigenvalue weighted by Crippen LogP contribution is 2.23. The van der Waals surface area contributed by atoms with E-state index >= 15 is 0 Å². The first-order chi connectivity index (χ1) is 13.5. The molecule has 2 aromatic rings. The van der Waals surface area contributed by atoms with Crippen LogP contribution in [0.25, 0.3) is 0 Å². The summed E-state index contributed by atoms with van der Waals surface area (Å²) in [5, 5.41) is 8.63. The second-order valence-electron chi connectivity index (χ2n) is 7.08. The maximum Gasteiger partial charge on any atom is 0.251 e. The number of hydrogen-bond acceptors (Lipinski definition) is 3. The normalized spacial score (nSPS) is 13.9. The molecule has 1 aliphatic heterocycles. The largest absolute Gasteiger partial charge is 0.350 e. The molecule has 0 aliphatic carbocycles. The van der Waals surface area contributed by atoms with Gasteiger partial charge in [0.2, 0.25) is 5.91 Å². The lowest BCUT2D eigenvalue weighted by Gasteiger charge is -2.17. The van der Waals surface area contributed by atoms with Crippen LogP contribution in [0, 0.1) is 0 Å². The van der Waals surface area contributed by atoms with Crippen molar-refractivity contribution in [2.75, 3.05) is 5.32 Å². The molecule has 1 atom stereocenters. The lowest BCUT2D eigenvalue weighted by Crippen LogP contribution is -2.31. The molecule has 2 aromatic carbocycles. The summed E-state index contributed by atoms with van der Waals surface area (Å²) < 4.78 is 0. The summed E-state index contributed by atoms with van der Waals surface area (Å²) in [7, 11) is 0. The van der Waals surface area contributed by atoms with Gasteiger partial charge in [0.1, 0.15) is 0 Å². The number of carbonyl (C=O) groups excluding carboxylic acids is 3. The molecular formula is C22H25N3O3. The van der Waals surface area contributed by atoms with Gasteiger partial charge in [0.05, 0.1) is 0 Å². The van der Waals surface area contributed by atoms with Crippen LogP contribution >= 0.6 is 0 Å². The maximum absolute atomic E-state index is 12.4. The Labute approximate surface area is 164 Å². The number of anilines is 1. The van der Waals surface area contributed by atoms with E-state index in [2.05, 4.69) is 16.0 Å². The van der Waals surface area contributed by atoms with Crippen molar-refractivity contribution in [2.24, 2.45) is 0 Å². The molecule has 0 fully saturated rings. The van der Waals surface area contributed by atoms with Crippen molar-refractivity contribution in [3.8, 4) is 0 Å². The Morgan fingerprint density at radius 2 is 1.75 bits per heavy atom. The smallest absolute Gasteiger partial charge is 0.251 e. The zero-order valence-electron chi connectivity index (χ0n) is 16.2. The fourth-order valence-electron chi connectivity index (χ4n) is 2.99. The summed E-state index contributed by atoms with van der Waals surface area (Å²) in [5.74, 6) is -0.254. The van der Waals surface area contributed by atoms with E-state index in [9.17, 15) is 14.4 Å². The molecule has 0 bridgehead atoms.